The van der Waals surface area contributed by atoms with Crippen LogP contribution in [-0.2, 0) is 0 Å². The summed E-state index contributed by atoms with van der Waals surface area (Å²) in [6.45, 7) is 0. The fourth-order valence-electron chi connectivity index (χ4n) is 2.27. The Kier molecular flexibility index (Phi) is 3.46. The van der Waals surface area contributed by atoms with Gasteiger partial charge in [0.2, 0.25) is 5.88 Å². The van der Waals surface area contributed by atoms with Crippen LogP contribution in [0.4, 0.5) is 0 Å². The maximum atomic E-state index is 8.71. The Balaban J connectivity index is 2.37. The Bertz CT molecular complexity index is 426. The zero-order chi connectivity index (χ0) is 12.3. The van der Waals surface area contributed by atoms with Crippen molar-refractivity contribution in [2.45, 2.75) is 31.6 Å². The third kappa shape index (κ3) is 2.49. The topological polar surface area (TPSA) is 80.7 Å². The van der Waals surface area contributed by atoms with Gasteiger partial charge in [0, 0.05) is 23.2 Å². The molecule has 1 saturated carbocycles. The summed E-state index contributed by atoms with van der Waals surface area (Å²) in [5, 5.41) is 11.7. The summed E-state index contributed by atoms with van der Waals surface area (Å²) in [6.07, 6.45) is 4.77. The van der Waals surface area contributed by atoms with Crippen molar-refractivity contribution < 1.29 is 9.94 Å². The van der Waals surface area contributed by atoms with E-state index >= 15 is 0 Å². The van der Waals surface area contributed by atoms with Crippen LogP contribution in [0.3, 0.4) is 0 Å². The van der Waals surface area contributed by atoms with E-state index < -0.39 is 0 Å². The molecule has 1 fully saturated rings. The Hall–Kier alpha value is -1.78. The van der Waals surface area contributed by atoms with E-state index in [-0.39, 0.29) is 5.84 Å². The summed E-state index contributed by atoms with van der Waals surface area (Å²) in [4.78, 5) is 4.44. The van der Waals surface area contributed by atoms with E-state index in [1.54, 1.807) is 13.2 Å². The number of hydrogen-bond acceptors (Lipinski definition) is 4. The largest absolute Gasteiger partial charge is 0.481 e. The van der Waals surface area contributed by atoms with Gasteiger partial charge in [-0.05, 0) is 18.9 Å². The maximum absolute atomic E-state index is 8.71. The first-order chi connectivity index (χ1) is 8.24. The van der Waals surface area contributed by atoms with Gasteiger partial charge in [-0.1, -0.05) is 18.0 Å². The molecule has 0 aliphatic heterocycles. The maximum Gasteiger partial charge on any atom is 0.213 e. The van der Waals surface area contributed by atoms with E-state index in [9.17, 15) is 0 Å². The number of nitrogens with two attached hydrogens (primary N) is 1. The molecule has 1 aliphatic carbocycles. The number of hydrogen-bond donors (Lipinski definition) is 2. The van der Waals surface area contributed by atoms with Crippen LogP contribution in [0.25, 0.3) is 0 Å². The molecule has 1 aliphatic rings. The minimum Gasteiger partial charge on any atom is -0.481 e. The number of nitrogens with zero attached hydrogens (tertiary/aromatic N) is 2. The summed E-state index contributed by atoms with van der Waals surface area (Å²) >= 11 is 0. The molecule has 1 heterocycles. The van der Waals surface area contributed by atoms with Crippen molar-refractivity contribution in [3.05, 3.63) is 23.4 Å². The van der Waals surface area contributed by atoms with E-state index in [1.165, 1.54) is 12.8 Å². The van der Waals surface area contributed by atoms with Crippen molar-refractivity contribution in [2.75, 3.05) is 7.11 Å². The number of aromatic nitrogens is 1. The lowest BCUT2D eigenvalue weighted by molar-refractivity contribution is 0.318. The molecule has 5 heteroatoms. The van der Waals surface area contributed by atoms with Crippen LogP contribution in [-0.4, -0.2) is 23.1 Å². The molecule has 92 valence electrons. The summed E-state index contributed by atoms with van der Waals surface area (Å²) in [6, 6.07) is 3.56. The first-order valence-electron chi connectivity index (χ1n) is 5.78. The third-order valence-corrected chi connectivity index (χ3v) is 3.21. The molecule has 0 radical (unpaired) electrons. The normalized spacial score (nSPS) is 17.4. The number of pyridine rings is 1. The number of ether oxygens (including phenoxy) is 1. The lowest BCUT2D eigenvalue weighted by atomic mass is 10.0. The van der Waals surface area contributed by atoms with Crippen molar-refractivity contribution in [2.24, 2.45) is 10.9 Å². The molecular weight excluding hydrogens is 218 g/mol. The zero-order valence-electron chi connectivity index (χ0n) is 9.89. The lowest BCUT2D eigenvalue weighted by Crippen LogP contribution is -2.14. The molecule has 1 aromatic rings. The SMILES string of the molecule is COc1cc(/C(N)=N/O)cc(C2CCCC2)n1. The van der Waals surface area contributed by atoms with Crippen molar-refractivity contribution in [1.29, 1.82) is 0 Å². The smallest absolute Gasteiger partial charge is 0.213 e. The minimum atomic E-state index is 0.0879. The van der Waals surface area contributed by atoms with E-state index in [4.69, 9.17) is 15.7 Å². The first-order valence-corrected chi connectivity index (χ1v) is 5.78. The van der Waals surface area contributed by atoms with E-state index in [1.807, 2.05) is 6.07 Å². The molecular formula is C12H17N3O2. The number of amidine groups is 1. The number of rotatable bonds is 3. The lowest BCUT2D eigenvalue weighted by Gasteiger charge is -2.11. The van der Waals surface area contributed by atoms with Gasteiger partial charge >= 0.3 is 0 Å². The second-order valence-corrected chi connectivity index (χ2v) is 4.29. The second-order valence-electron chi connectivity index (χ2n) is 4.29. The number of oxime groups is 1. The van der Waals surface area contributed by atoms with Gasteiger partial charge in [-0.15, -0.1) is 0 Å². The zero-order valence-corrected chi connectivity index (χ0v) is 9.89. The highest BCUT2D eigenvalue weighted by molar-refractivity contribution is 5.97. The molecule has 1 aromatic heterocycles. The highest BCUT2D eigenvalue weighted by atomic mass is 16.5. The molecule has 3 N–H and O–H groups in total. The highest BCUT2D eigenvalue weighted by Crippen LogP contribution is 2.34. The predicted molar refractivity (Wildman–Crippen MR) is 64.5 cm³/mol. The predicted octanol–water partition coefficient (Wildman–Crippen LogP) is 1.84. The van der Waals surface area contributed by atoms with Crippen LogP contribution >= 0.6 is 0 Å². The monoisotopic (exact) mass is 235 g/mol. The molecule has 2 rings (SSSR count). The quantitative estimate of drug-likeness (QED) is 0.362. The third-order valence-electron chi connectivity index (χ3n) is 3.21. The van der Waals surface area contributed by atoms with Crippen LogP contribution in [0.1, 0.15) is 42.9 Å². The van der Waals surface area contributed by atoms with Gasteiger partial charge in [0.05, 0.1) is 7.11 Å². The summed E-state index contributed by atoms with van der Waals surface area (Å²) in [7, 11) is 1.57. The Morgan fingerprint density at radius 2 is 2.18 bits per heavy atom. The van der Waals surface area contributed by atoms with Crippen molar-refractivity contribution in [1.82, 2.24) is 4.98 Å². The van der Waals surface area contributed by atoms with Crippen molar-refractivity contribution >= 4 is 5.84 Å². The van der Waals surface area contributed by atoms with Gasteiger partial charge in [-0.3, -0.25) is 0 Å². The van der Waals surface area contributed by atoms with Crippen LogP contribution in [0.5, 0.6) is 5.88 Å². The van der Waals surface area contributed by atoms with Gasteiger partial charge in [0.25, 0.3) is 0 Å². The standard InChI is InChI=1S/C12H17N3O2/c1-17-11-7-9(12(13)15-16)6-10(14-11)8-4-2-3-5-8/h6-8,16H,2-5H2,1H3,(H2,13,15). The molecule has 0 unspecified atom stereocenters. The first kappa shape index (κ1) is 11.7. The average Bonchev–Trinajstić information content (AvgIpc) is 2.91. The van der Waals surface area contributed by atoms with Crippen molar-refractivity contribution in [3.8, 4) is 5.88 Å². The van der Waals surface area contributed by atoms with Crippen LogP contribution in [0.2, 0.25) is 0 Å². The Labute approximate surface area is 100 Å². The second kappa shape index (κ2) is 5.03. The molecule has 5 nitrogen and oxygen atoms in total. The minimum absolute atomic E-state index is 0.0879. The molecule has 0 aromatic carbocycles. The van der Waals surface area contributed by atoms with Gasteiger partial charge in [-0.2, -0.15) is 0 Å². The van der Waals surface area contributed by atoms with Gasteiger partial charge in [-0.25, -0.2) is 4.98 Å². The van der Waals surface area contributed by atoms with Gasteiger partial charge in [0.15, 0.2) is 5.84 Å². The van der Waals surface area contributed by atoms with E-state index in [0.717, 1.165) is 18.5 Å². The van der Waals surface area contributed by atoms with Crippen LogP contribution < -0.4 is 10.5 Å². The molecule has 0 amide bonds. The highest BCUT2D eigenvalue weighted by Gasteiger charge is 2.20. The van der Waals surface area contributed by atoms with E-state index in [2.05, 4.69) is 10.1 Å². The summed E-state index contributed by atoms with van der Waals surface area (Å²) < 4.78 is 5.15. The summed E-state index contributed by atoms with van der Waals surface area (Å²) in [5.41, 5.74) is 7.23. The summed E-state index contributed by atoms with van der Waals surface area (Å²) in [5.74, 6) is 1.07. The molecule has 17 heavy (non-hydrogen) atoms. The molecule has 0 bridgehead atoms. The fourth-order valence-corrected chi connectivity index (χ4v) is 2.27. The molecule has 0 saturated heterocycles. The molecule has 0 atom stereocenters. The Morgan fingerprint density at radius 1 is 1.47 bits per heavy atom. The van der Waals surface area contributed by atoms with Gasteiger partial charge < -0.3 is 15.7 Å². The van der Waals surface area contributed by atoms with Gasteiger partial charge in [0.1, 0.15) is 0 Å². The Morgan fingerprint density at radius 3 is 2.76 bits per heavy atom. The van der Waals surface area contributed by atoms with Crippen LogP contribution in [0.15, 0.2) is 17.3 Å². The van der Waals surface area contributed by atoms with Crippen molar-refractivity contribution in [3.63, 3.8) is 0 Å². The average molecular weight is 235 g/mol. The molecule has 0 spiro atoms. The fraction of sp³-hybridized carbons (Fsp3) is 0.500. The van der Waals surface area contributed by atoms with E-state index in [0.29, 0.717) is 17.4 Å². The van der Waals surface area contributed by atoms with Crippen LogP contribution in [0, 0.1) is 0 Å². The number of methoxy groups -OCH3 is 1.